The zero-order valence-corrected chi connectivity index (χ0v) is 18.3. The van der Waals surface area contributed by atoms with Crippen LogP contribution >= 0.6 is 24.0 Å². The second kappa shape index (κ2) is 12.1. The number of methoxy groups -OCH3 is 3. The number of halogens is 1. The van der Waals surface area contributed by atoms with Crippen molar-refractivity contribution in [2.24, 2.45) is 4.99 Å². The van der Waals surface area contributed by atoms with Crippen molar-refractivity contribution in [2.75, 3.05) is 48.1 Å². The predicted octanol–water partition coefficient (Wildman–Crippen LogP) is 2.22. The Hall–Kier alpha value is -1.42. The zero-order chi connectivity index (χ0) is 18.1. The van der Waals surface area contributed by atoms with E-state index >= 15 is 0 Å². The molecule has 0 radical (unpaired) electrons. The van der Waals surface area contributed by atoms with E-state index in [1.54, 1.807) is 28.4 Å². The number of ether oxygens (including phenoxy) is 4. The molecule has 148 valence electrons. The molecule has 1 aromatic rings. The van der Waals surface area contributed by atoms with Gasteiger partial charge in [-0.15, -0.1) is 24.0 Å². The van der Waals surface area contributed by atoms with Gasteiger partial charge >= 0.3 is 0 Å². The lowest BCUT2D eigenvalue weighted by Gasteiger charge is -2.17. The summed E-state index contributed by atoms with van der Waals surface area (Å²) >= 11 is 0. The lowest BCUT2D eigenvalue weighted by Crippen LogP contribution is -2.41. The van der Waals surface area contributed by atoms with Gasteiger partial charge in [0.25, 0.3) is 0 Å². The Morgan fingerprint density at radius 1 is 1.15 bits per heavy atom. The summed E-state index contributed by atoms with van der Waals surface area (Å²) in [7, 11) is 6.62. The summed E-state index contributed by atoms with van der Waals surface area (Å²) in [6.07, 6.45) is 3.29. The molecule has 2 rings (SSSR count). The standard InChI is InChI=1S/C18H29N3O4.HI/c1-19-18(21-12-14-6-5-11-25-14)20-10-9-13-7-8-15(22-2)17(24-4)16(13)23-3;/h7-8,14H,5-6,9-12H2,1-4H3,(H2,19,20,21);1H. The van der Waals surface area contributed by atoms with E-state index in [0.29, 0.717) is 17.2 Å². The van der Waals surface area contributed by atoms with E-state index in [2.05, 4.69) is 15.6 Å². The van der Waals surface area contributed by atoms with Gasteiger partial charge in [-0.05, 0) is 25.3 Å². The monoisotopic (exact) mass is 479 g/mol. The molecule has 1 atom stereocenters. The largest absolute Gasteiger partial charge is 0.493 e. The summed E-state index contributed by atoms with van der Waals surface area (Å²) in [5, 5.41) is 6.62. The van der Waals surface area contributed by atoms with Crippen molar-refractivity contribution in [2.45, 2.75) is 25.4 Å². The number of nitrogens with zero attached hydrogens (tertiary/aromatic N) is 1. The van der Waals surface area contributed by atoms with Crippen LogP contribution in [0.3, 0.4) is 0 Å². The topological polar surface area (TPSA) is 73.3 Å². The average Bonchev–Trinajstić information content (AvgIpc) is 3.17. The van der Waals surface area contributed by atoms with E-state index in [1.165, 1.54) is 0 Å². The maximum atomic E-state index is 5.61. The third kappa shape index (κ3) is 6.08. The Kier molecular flexibility index (Phi) is 10.5. The molecule has 26 heavy (non-hydrogen) atoms. The minimum atomic E-state index is 0. The Morgan fingerprint density at radius 2 is 1.92 bits per heavy atom. The van der Waals surface area contributed by atoms with Crippen molar-refractivity contribution >= 4 is 29.9 Å². The smallest absolute Gasteiger partial charge is 0.203 e. The van der Waals surface area contributed by atoms with Gasteiger partial charge < -0.3 is 29.6 Å². The van der Waals surface area contributed by atoms with Crippen molar-refractivity contribution in [1.29, 1.82) is 0 Å². The first kappa shape index (κ1) is 22.6. The first-order valence-electron chi connectivity index (χ1n) is 8.57. The fourth-order valence-electron chi connectivity index (χ4n) is 2.91. The number of hydrogen-bond donors (Lipinski definition) is 2. The maximum Gasteiger partial charge on any atom is 0.203 e. The van der Waals surface area contributed by atoms with Gasteiger partial charge in [0.05, 0.1) is 27.4 Å². The summed E-state index contributed by atoms with van der Waals surface area (Å²) in [5.41, 5.74) is 1.04. The van der Waals surface area contributed by atoms with Crippen LogP contribution in [0.1, 0.15) is 18.4 Å². The van der Waals surface area contributed by atoms with Crippen LogP contribution in [0.5, 0.6) is 17.2 Å². The molecule has 2 N–H and O–H groups in total. The minimum absolute atomic E-state index is 0. The molecular weight excluding hydrogens is 449 g/mol. The average molecular weight is 479 g/mol. The number of rotatable bonds is 8. The van der Waals surface area contributed by atoms with Crippen molar-refractivity contribution in [1.82, 2.24) is 10.6 Å². The van der Waals surface area contributed by atoms with Crippen LogP contribution in [-0.2, 0) is 11.2 Å². The first-order valence-corrected chi connectivity index (χ1v) is 8.57. The summed E-state index contributed by atoms with van der Waals surface area (Å²) < 4.78 is 21.9. The molecule has 0 aromatic heterocycles. The van der Waals surface area contributed by atoms with Crippen molar-refractivity contribution in [3.05, 3.63) is 17.7 Å². The van der Waals surface area contributed by atoms with Gasteiger partial charge in [-0.3, -0.25) is 4.99 Å². The molecule has 0 bridgehead atoms. The van der Waals surface area contributed by atoms with Gasteiger partial charge in [0.15, 0.2) is 17.5 Å². The van der Waals surface area contributed by atoms with Crippen LogP contribution in [-0.4, -0.2) is 60.1 Å². The summed E-state index contributed by atoms with van der Waals surface area (Å²) in [4.78, 5) is 4.25. The number of guanidine groups is 1. The van der Waals surface area contributed by atoms with Gasteiger partial charge in [-0.25, -0.2) is 0 Å². The summed E-state index contributed by atoms with van der Waals surface area (Å²) in [5.74, 6) is 2.74. The molecule has 1 aliphatic rings. The van der Waals surface area contributed by atoms with Crippen LogP contribution in [0.4, 0.5) is 0 Å². The van der Waals surface area contributed by atoms with Gasteiger partial charge in [-0.1, -0.05) is 6.07 Å². The molecule has 1 aromatic carbocycles. The lowest BCUT2D eigenvalue weighted by atomic mass is 10.1. The van der Waals surface area contributed by atoms with Crippen molar-refractivity contribution < 1.29 is 18.9 Å². The minimum Gasteiger partial charge on any atom is -0.493 e. The van der Waals surface area contributed by atoms with Crippen molar-refractivity contribution in [3.8, 4) is 17.2 Å². The second-order valence-electron chi connectivity index (χ2n) is 5.76. The van der Waals surface area contributed by atoms with E-state index in [1.807, 2.05) is 12.1 Å². The molecule has 8 heteroatoms. The molecule has 7 nitrogen and oxygen atoms in total. The quantitative estimate of drug-likeness (QED) is 0.339. The molecule has 1 unspecified atom stereocenters. The number of nitrogens with one attached hydrogen (secondary N) is 2. The van der Waals surface area contributed by atoms with Crippen molar-refractivity contribution in [3.63, 3.8) is 0 Å². The predicted molar refractivity (Wildman–Crippen MR) is 114 cm³/mol. The van der Waals surface area contributed by atoms with Gasteiger partial charge in [0, 0.05) is 32.3 Å². The SMILES string of the molecule is CN=C(NCCc1ccc(OC)c(OC)c1OC)NCC1CCCO1.I. The molecule has 1 fully saturated rings. The molecule has 0 amide bonds. The molecule has 1 aliphatic heterocycles. The molecule has 1 saturated heterocycles. The van der Waals surface area contributed by atoms with E-state index in [4.69, 9.17) is 18.9 Å². The Balaban J connectivity index is 0.00000338. The highest BCUT2D eigenvalue weighted by molar-refractivity contribution is 14.0. The van der Waals surface area contributed by atoms with E-state index in [-0.39, 0.29) is 30.1 Å². The number of benzene rings is 1. The highest BCUT2D eigenvalue weighted by atomic mass is 127. The first-order chi connectivity index (χ1) is 12.2. The fourth-order valence-corrected chi connectivity index (χ4v) is 2.91. The third-order valence-electron chi connectivity index (χ3n) is 4.22. The molecule has 1 heterocycles. The molecule has 0 aliphatic carbocycles. The van der Waals surface area contributed by atoms with Gasteiger partial charge in [0.1, 0.15) is 0 Å². The van der Waals surface area contributed by atoms with Gasteiger partial charge in [0.2, 0.25) is 5.75 Å². The highest BCUT2D eigenvalue weighted by Crippen LogP contribution is 2.39. The molecular formula is C18H30IN3O4. The Bertz CT molecular complexity index is 578. The van der Waals surface area contributed by atoms with Crippen LogP contribution in [0.25, 0.3) is 0 Å². The number of aliphatic imine (C=N–C) groups is 1. The Labute approximate surface area is 172 Å². The summed E-state index contributed by atoms with van der Waals surface area (Å²) in [6, 6.07) is 3.88. The maximum absolute atomic E-state index is 5.61. The third-order valence-corrected chi connectivity index (χ3v) is 4.22. The van der Waals surface area contributed by atoms with E-state index in [0.717, 1.165) is 50.5 Å². The van der Waals surface area contributed by atoms with E-state index < -0.39 is 0 Å². The molecule has 0 spiro atoms. The normalized spacial score (nSPS) is 16.6. The molecule has 0 saturated carbocycles. The van der Waals surface area contributed by atoms with E-state index in [9.17, 15) is 0 Å². The Morgan fingerprint density at radius 3 is 2.50 bits per heavy atom. The fraction of sp³-hybridized carbons (Fsp3) is 0.611. The lowest BCUT2D eigenvalue weighted by molar-refractivity contribution is 0.114. The van der Waals surface area contributed by atoms with Crippen LogP contribution in [0.2, 0.25) is 0 Å². The second-order valence-corrected chi connectivity index (χ2v) is 5.76. The summed E-state index contributed by atoms with van der Waals surface area (Å²) in [6.45, 7) is 2.36. The van der Waals surface area contributed by atoms with Crippen LogP contribution in [0.15, 0.2) is 17.1 Å². The van der Waals surface area contributed by atoms with Crippen LogP contribution in [0, 0.1) is 0 Å². The zero-order valence-electron chi connectivity index (χ0n) is 16.0. The van der Waals surface area contributed by atoms with Gasteiger partial charge in [-0.2, -0.15) is 0 Å². The number of hydrogen-bond acceptors (Lipinski definition) is 5. The highest BCUT2D eigenvalue weighted by Gasteiger charge is 2.17. The van der Waals surface area contributed by atoms with Crippen LogP contribution < -0.4 is 24.8 Å².